The van der Waals surface area contributed by atoms with Gasteiger partial charge in [0, 0.05) is 6.08 Å². The Bertz CT molecular complexity index is 1560. The quantitative estimate of drug-likeness (QED) is 0.236. The summed E-state index contributed by atoms with van der Waals surface area (Å²) in [5, 5.41) is 0. The fourth-order valence-electron chi connectivity index (χ4n) is 5.02. The van der Waals surface area contributed by atoms with E-state index in [1.165, 1.54) is 24.3 Å². The molecule has 2 aliphatic heterocycles. The first-order chi connectivity index (χ1) is 17.4. The third kappa shape index (κ3) is 2.75. The summed E-state index contributed by atoms with van der Waals surface area (Å²) in [5.41, 5.74) is 4.42. The number of esters is 4. The molecule has 0 bridgehead atoms. The summed E-state index contributed by atoms with van der Waals surface area (Å²) in [6, 6.07) is 16.8. The van der Waals surface area contributed by atoms with Crippen molar-refractivity contribution in [3.63, 3.8) is 0 Å². The molecule has 0 aromatic heterocycles. The van der Waals surface area contributed by atoms with Gasteiger partial charge in [0.15, 0.2) is 0 Å². The molecule has 0 N–H and O–H groups in total. The number of hydrogen-bond acceptors (Lipinski definition) is 8. The number of carbonyl (C=O) groups excluding carboxylic acids is 4. The molecule has 0 spiro atoms. The van der Waals surface area contributed by atoms with Crippen molar-refractivity contribution in [2.24, 2.45) is 0 Å². The van der Waals surface area contributed by atoms with Crippen LogP contribution in [0.4, 0.5) is 0 Å². The van der Waals surface area contributed by atoms with Crippen molar-refractivity contribution in [1.29, 1.82) is 0 Å². The van der Waals surface area contributed by atoms with E-state index in [9.17, 15) is 19.2 Å². The number of allylic oxidation sites excluding steroid dienone is 2. The minimum absolute atomic E-state index is 0.106. The van der Waals surface area contributed by atoms with E-state index in [4.69, 9.17) is 18.9 Å². The molecule has 4 aliphatic rings. The van der Waals surface area contributed by atoms with Gasteiger partial charge >= 0.3 is 23.9 Å². The molecule has 0 radical (unpaired) electrons. The molecule has 8 heteroatoms. The topological polar surface area (TPSA) is 105 Å². The van der Waals surface area contributed by atoms with Gasteiger partial charge in [0.05, 0.1) is 27.8 Å². The predicted molar refractivity (Wildman–Crippen MR) is 123 cm³/mol. The molecular formula is C28H14O8. The van der Waals surface area contributed by atoms with Crippen LogP contribution in [0.25, 0.3) is 11.1 Å². The van der Waals surface area contributed by atoms with Crippen molar-refractivity contribution < 1.29 is 38.1 Å². The van der Waals surface area contributed by atoms with Crippen LogP contribution in [0.15, 0.2) is 72.8 Å². The number of benzene rings is 3. The summed E-state index contributed by atoms with van der Waals surface area (Å²) in [5.74, 6) is -3.80. The smallest absolute Gasteiger partial charge is 0.347 e. The molecule has 0 saturated carbocycles. The molecule has 2 aliphatic carbocycles. The first-order valence-electron chi connectivity index (χ1n) is 11.1. The van der Waals surface area contributed by atoms with Gasteiger partial charge in [-0.2, -0.15) is 0 Å². The zero-order chi connectivity index (χ0) is 24.6. The van der Waals surface area contributed by atoms with Gasteiger partial charge in [0.1, 0.15) is 11.5 Å². The van der Waals surface area contributed by atoms with Gasteiger partial charge < -0.3 is 18.9 Å². The Morgan fingerprint density at radius 3 is 1.72 bits per heavy atom. The summed E-state index contributed by atoms with van der Waals surface area (Å²) in [6.45, 7) is 0. The summed E-state index contributed by atoms with van der Waals surface area (Å²) in [4.78, 5) is 48.0. The average Bonchev–Trinajstić information content (AvgIpc) is 3.30. The van der Waals surface area contributed by atoms with Crippen molar-refractivity contribution in [1.82, 2.24) is 0 Å². The van der Waals surface area contributed by atoms with Crippen molar-refractivity contribution in [3.05, 3.63) is 106 Å². The number of ether oxygens (including phenoxy) is 4. The van der Waals surface area contributed by atoms with Gasteiger partial charge in [-0.1, -0.05) is 30.3 Å². The van der Waals surface area contributed by atoms with E-state index in [1.807, 2.05) is 30.3 Å². The van der Waals surface area contributed by atoms with Crippen molar-refractivity contribution in [2.45, 2.75) is 12.2 Å². The molecule has 0 saturated heterocycles. The van der Waals surface area contributed by atoms with E-state index in [1.54, 1.807) is 18.2 Å². The van der Waals surface area contributed by atoms with E-state index >= 15 is 0 Å². The first kappa shape index (κ1) is 20.4. The van der Waals surface area contributed by atoms with Crippen LogP contribution in [0.1, 0.15) is 59.0 Å². The average molecular weight is 478 g/mol. The third-order valence-corrected chi connectivity index (χ3v) is 6.60. The predicted octanol–water partition coefficient (Wildman–Crippen LogP) is 4.35. The molecule has 0 unspecified atom stereocenters. The van der Waals surface area contributed by atoms with Crippen LogP contribution in [0, 0.1) is 0 Å². The van der Waals surface area contributed by atoms with Crippen LogP contribution in [-0.2, 0) is 9.47 Å². The maximum absolute atomic E-state index is 12.1. The van der Waals surface area contributed by atoms with Crippen LogP contribution < -0.4 is 9.47 Å². The molecule has 174 valence electrons. The second kappa shape index (κ2) is 7.02. The van der Waals surface area contributed by atoms with Crippen molar-refractivity contribution in [2.75, 3.05) is 0 Å². The zero-order valence-corrected chi connectivity index (χ0v) is 18.4. The molecule has 3 aromatic rings. The van der Waals surface area contributed by atoms with Gasteiger partial charge in [0.25, 0.3) is 5.79 Å². The number of rotatable bonds is 4. The second-order valence-electron chi connectivity index (χ2n) is 8.65. The molecule has 8 nitrogen and oxygen atoms in total. The molecule has 36 heavy (non-hydrogen) atoms. The van der Waals surface area contributed by atoms with Gasteiger partial charge in [-0.15, -0.1) is 0 Å². The Labute approximate surface area is 203 Å². The van der Waals surface area contributed by atoms with E-state index in [2.05, 4.69) is 0 Å². The minimum atomic E-state index is -1.45. The van der Waals surface area contributed by atoms with Crippen LogP contribution in [0.3, 0.4) is 0 Å². The zero-order valence-electron chi connectivity index (χ0n) is 18.4. The van der Waals surface area contributed by atoms with Crippen LogP contribution in [0.5, 0.6) is 11.5 Å². The highest BCUT2D eigenvalue weighted by atomic mass is 16.7. The maximum Gasteiger partial charge on any atom is 0.347 e. The third-order valence-electron chi connectivity index (χ3n) is 6.60. The number of cyclic esters (lactones) is 4. The molecular weight excluding hydrogens is 464 g/mol. The van der Waals surface area contributed by atoms with E-state index in [0.717, 1.165) is 22.3 Å². The standard InChI is InChI=1S/C28H14O8/c29-24-19-9-7-14(12-21(19)26(31)33-24)35-28(11-3-6-18-16-4-1-2-5-17(16)23(18)28)36-15-8-10-20-22(13-15)27(32)34-25(20)30/h1-5,7-13H,6H2. The highest BCUT2D eigenvalue weighted by Crippen LogP contribution is 2.53. The summed E-state index contributed by atoms with van der Waals surface area (Å²) in [6.07, 6.45) is 4.37. The molecule has 7 rings (SSSR count). The van der Waals surface area contributed by atoms with E-state index in [0.29, 0.717) is 6.42 Å². The molecule has 0 fully saturated rings. The normalized spacial score (nSPS) is 18.0. The lowest BCUT2D eigenvalue weighted by atomic mass is 9.72. The van der Waals surface area contributed by atoms with Crippen molar-refractivity contribution in [3.8, 4) is 11.5 Å². The summed E-state index contributed by atoms with van der Waals surface area (Å²) >= 11 is 0. The van der Waals surface area contributed by atoms with Gasteiger partial charge in [0.2, 0.25) is 0 Å². The highest BCUT2D eigenvalue weighted by Gasteiger charge is 2.48. The van der Waals surface area contributed by atoms with Crippen LogP contribution in [0.2, 0.25) is 0 Å². The number of carbonyl (C=O) groups is 4. The monoisotopic (exact) mass is 478 g/mol. The minimum Gasteiger partial charge on any atom is -0.445 e. The Morgan fingerprint density at radius 2 is 1.14 bits per heavy atom. The molecule has 2 heterocycles. The van der Waals surface area contributed by atoms with Crippen molar-refractivity contribution >= 4 is 35.0 Å². The Hall–Kier alpha value is -4.98. The largest absolute Gasteiger partial charge is 0.445 e. The van der Waals surface area contributed by atoms with Crippen LogP contribution in [-0.4, -0.2) is 29.7 Å². The number of fused-ring (bicyclic) bond motifs is 5. The summed E-state index contributed by atoms with van der Waals surface area (Å²) < 4.78 is 22.3. The van der Waals surface area contributed by atoms with Gasteiger partial charge in [-0.3, -0.25) is 0 Å². The lowest BCUT2D eigenvalue weighted by Gasteiger charge is -2.42. The van der Waals surface area contributed by atoms with Crippen LogP contribution >= 0.6 is 0 Å². The SMILES string of the molecule is O=C1OC(=O)c2cc(OC3(Oc4ccc5c(c4)C(=O)OC5=O)C=CCC4=C3c3ccccc34)ccc21. The Balaban J connectivity index is 1.34. The Kier molecular flexibility index (Phi) is 3.98. The molecule has 3 aromatic carbocycles. The first-order valence-corrected chi connectivity index (χ1v) is 11.1. The van der Waals surface area contributed by atoms with E-state index < -0.39 is 29.7 Å². The van der Waals surface area contributed by atoms with Gasteiger partial charge in [-0.25, -0.2) is 19.2 Å². The fourth-order valence-corrected chi connectivity index (χ4v) is 5.02. The number of hydrogen-bond donors (Lipinski definition) is 0. The molecule has 0 atom stereocenters. The highest BCUT2D eigenvalue weighted by molar-refractivity contribution is 6.15. The Morgan fingerprint density at radius 1 is 0.611 bits per heavy atom. The lowest BCUT2D eigenvalue weighted by Crippen LogP contribution is -2.45. The lowest BCUT2D eigenvalue weighted by molar-refractivity contribution is -0.0195. The fraction of sp³-hybridized carbons (Fsp3) is 0.0714. The maximum atomic E-state index is 12.1. The van der Waals surface area contributed by atoms with E-state index in [-0.39, 0.29) is 33.8 Å². The second-order valence-corrected chi connectivity index (χ2v) is 8.65. The molecule has 0 amide bonds. The summed E-state index contributed by atoms with van der Waals surface area (Å²) in [7, 11) is 0. The van der Waals surface area contributed by atoms with Gasteiger partial charge in [-0.05, 0) is 59.5 Å².